The number of amides is 2. The summed E-state index contributed by atoms with van der Waals surface area (Å²) in [6.07, 6.45) is 1.63. The minimum atomic E-state index is -0.188. The van der Waals surface area contributed by atoms with Crippen molar-refractivity contribution in [3.8, 4) is 5.75 Å². The normalized spacial score (nSPS) is 15.8. The standard InChI is InChI=1S/C17H24N6O2/c1-13(16-20-18-12-21(16)2)19-17(24)23-10-8-22(9-11-23)14-6-4-5-7-15(14)25-3/h4-7,12-13H,8-11H2,1-3H3,(H,19,24)/t13-/m1/s1. The summed E-state index contributed by atoms with van der Waals surface area (Å²) in [5.74, 6) is 1.59. The Kier molecular flexibility index (Phi) is 5.06. The Morgan fingerprint density at radius 3 is 2.60 bits per heavy atom. The molecule has 0 saturated carbocycles. The zero-order chi connectivity index (χ0) is 17.8. The van der Waals surface area contributed by atoms with E-state index in [1.165, 1.54) is 0 Å². The molecular weight excluding hydrogens is 320 g/mol. The zero-order valence-corrected chi connectivity index (χ0v) is 14.8. The molecule has 0 radical (unpaired) electrons. The number of methoxy groups -OCH3 is 1. The number of carbonyl (C=O) groups excluding carboxylic acids is 1. The number of aromatic nitrogens is 3. The summed E-state index contributed by atoms with van der Waals surface area (Å²) in [6, 6.07) is 7.70. The highest BCUT2D eigenvalue weighted by Crippen LogP contribution is 2.28. The van der Waals surface area contributed by atoms with Gasteiger partial charge in [-0.15, -0.1) is 10.2 Å². The zero-order valence-electron chi connectivity index (χ0n) is 14.8. The molecule has 1 saturated heterocycles. The van der Waals surface area contributed by atoms with E-state index in [1.807, 2.05) is 47.7 Å². The third-order valence-electron chi connectivity index (χ3n) is 4.47. The lowest BCUT2D eigenvalue weighted by Gasteiger charge is -2.37. The molecule has 0 unspecified atom stereocenters. The van der Waals surface area contributed by atoms with E-state index in [-0.39, 0.29) is 12.1 Å². The molecule has 8 nitrogen and oxygen atoms in total. The molecule has 0 aliphatic carbocycles. The van der Waals surface area contributed by atoms with Crippen LogP contribution in [0, 0.1) is 0 Å². The monoisotopic (exact) mass is 344 g/mol. The van der Waals surface area contributed by atoms with Crippen LogP contribution in [0.4, 0.5) is 10.5 Å². The Balaban J connectivity index is 1.57. The highest BCUT2D eigenvalue weighted by Gasteiger charge is 2.24. The first kappa shape index (κ1) is 17.1. The second kappa shape index (κ2) is 7.42. The molecule has 1 atom stereocenters. The van der Waals surface area contributed by atoms with Gasteiger partial charge in [-0.2, -0.15) is 0 Å². The summed E-state index contributed by atoms with van der Waals surface area (Å²) in [5, 5.41) is 10.9. The van der Waals surface area contributed by atoms with Gasteiger partial charge in [-0.3, -0.25) is 0 Å². The molecule has 1 aromatic carbocycles. The van der Waals surface area contributed by atoms with Gasteiger partial charge >= 0.3 is 6.03 Å². The van der Waals surface area contributed by atoms with Crippen LogP contribution in [0.3, 0.4) is 0 Å². The van der Waals surface area contributed by atoms with Crippen molar-refractivity contribution in [3.63, 3.8) is 0 Å². The quantitative estimate of drug-likeness (QED) is 0.908. The van der Waals surface area contributed by atoms with E-state index in [0.29, 0.717) is 13.1 Å². The topological polar surface area (TPSA) is 75.5 Å². The maximum Gasteiger partial charge on any atom is 0.318 e. The van der Waals surface area contributed by atoms with Crippen molar-refractivity contribution in [1.29, 1.82) is 0 Å². The highest BCUT2D eigenvalue weighted by atomic mass is 16.5. The van der Waals surface area contributed by atoms with Crippen LogP contribution in [0.25, 0.3) is 0 Å². The number of nitrogens with zero attached hydrogens (tertiary/aromatic N) is 5. The molecule has 1 fully saturated rings. The number of rotatable bonds is 4. The Labute approximate surface area is 147 Å². The number of hydrogen-bond acceptors (Lipinski definition) is 5. The number of nitrogens with one attached hydrogen (secondary N) is 1. The predicted octanol–water partition coefficient (Wildman–Crippen LogP) is 1.42. The van der Waals surface area contributed by atoms with Gasteiger partial charge in [-0.1, -0.05) is 12.1 Å². The van der Waals surface area contributed by atoms with Gasteiger partial charge in [0.2, 0.25) is 0 Å². The summed E-state index contributed by atoms with van der Waals surface area (Å²) in [5.41, 5.74) is 1.07. The van der Waals surface area contributed by atoms with E-state index in [2.05, 4.69) is 20.4 Å². The Morgan fingerprint density at radius 2 is 1.96 bits per heavy atom. The van der Waals surface area contributed by atoms with Crippen LogP contribution in [-0.4, -0.2) is 59.0 Å². The van der Waals surface area contributed by atoms with Gasteiger partial charge in [0, 0.05) is 33.2 Å². The Morgan fingerprint density at radius 1 is 1.24 bits per heavy atom. The summed E-state index contributed by atoms with van der Waals surface area (Å²) in [7, 11) is 3.54. The maximum atomic E-state index is 12.5. The summed E-state index contributed by atoms with van der Waals surface area (Å²) < 4.78 is 7.24. The molecule has 0 bridgehead atoms. The number of hydrogen-bond donors (Lipinski definition) is 1. The lowest BCUT2D eigenvalue weighted by atomic mass is 10.2. The molecule has 0 spiro atoms. The van der Waals surface area contributed by atoms with Crippen LogP contribution in [0.15, 0.2) is 30.6 Å². The molecule has 1 aliphatic rings. The van der Waals surface area contributed by atoms with Crippen molar-refractivity contribution < 1.29 is 9.53 Å². The van der Waals surface area contributed by atoms with Crippen molar-refractivity contribution >= 4 is 11.7 Å². The van der Waals surface area contributed by atoms with E-state index in [9.17, 15) is 4.79 Å². The molecule has 2 aromatic rings. The fraction of sp³-hybridized carbons (Fsp3) is 0.471. The molecule has 25 heavy (non-hydrogen) atoms. The molecule has 2 amide bonds. The summed E-state index contributed by atoms with van der Waals surface area (Å²) >= 11 is 0. The predicted molar refractivity (Wildman–Crippen MR) is 94.7 cm³/mol. The third-order valence-corrected chi connectivity index (χ3v) is 4.47. The minimum absolute atomic E-state index is 0.0739. The molecule has 2 heterocycles. The highest BCUT2D eigenvalue weighted by molar-refractivity contribution is 5.75. The maximum absolute atomic E-state index is 12.5. The smallest absolute Gasteiger partial charge is 0.318 e. The second-order valence-electron chi connectivity index (χ2n) is 6.12. The Bertz CT molecular complexity index is 723. The van der Waals surface area contributed by atoms with Gasteiger partial charge in [0.15, 0.2) is 5.82 Å². The van der Waals surface area contributed by atoms with Crippen LogP contribution in [-0.2, 0) is 7.05 Å². The van der Waals surface area contributed by atoms with Gasteiger partial charge in [-0.25, -0.2) is 4.79 Å². The van der Waals surface area contributed by atoms with Gasteiger partial charge < -0.3 is 24.4 Å². The van der Waals surface area contributed by atoms with Gasteiger partial charge in [-0.05, 0) is 19.1 Å². The first-order valence-corrected chi connectivity index (χ1v) is 8.37. The number of anilines is 1. The minimum Gasteiger partial charge on any atom is -0.495 e. The molecule has 1 N–H and O–H groups in total. The van der Waals surface area contributed by atoms with E-state index >= 15 is 0 Å². The van der Waals surface area contributed by atoms with E-state index in [4.69, 9.17) is 4.74 Å². The number of piperazine rings is 1. The molecule has 8 heteroatoms. The number of aryl methyl sites for hydroxylation is 1. The number of urea groups is 1. The number of ether oxygens (including phenoxy) is 1. The van der Waals surface area contributed by atoms with Gasteiger partial charge in [0.1, 0.15) is 12.1 Å². The fourth-order valence-electron chi connectivity index (χ4n) is 3.07. The van der Waals surface area contributed by atoms with Crippen LogP contribution >= 0.6 is 0 Å². The van der Waals surface area contributed by atoms with Gasteiger partial charge in [0.25, 0.3) is 0 Å². The van der Waals surface area contributed by atoms with Crippen molar-refractivity contribution in [2.24, 2.45) is 7.05 Å². The van der Waals surface area contributed by atoms with Gasteiger partial charge in [0.05, 0.1) is 18.8 Å². The van der Waals surface area contributed by atoms with Crippen LogP contribution in [0.5, 0.6) is 5.75 Å². The first-order valence-electron chi connectivity index (χ1n) is 8.37. The number of carbonyl (C=O) groups is 1. The van der Waals surface area contributed by atoms with Crippen LogP contribution in [0.1, 0.15) is 18.8 Å². The van der Waals surface area contributed by atoms with E-state index in [0.717, 1.165) is 30.4 Å². The molecule has 1 aliphatic heterocycles. The number of para-hydroxylation sites is 2. The lowest BCUT2D eigenvalue weighted by molar-refractivity contribution is 0.190. The van der Waals surface area contributed by atoms with Crippen molar-refractivity contribution in [1.82, 2.24) is 25.0 Å². The summed E-state index contributed by atoms with van der Waals surface area (Å²) in [4.78, 5) is 16.6. The Hall–Kier alpha value is -2.77. The average Bonchev–Trinajstić information content (AvgIpc) is 3.08. The van der Waals surface area contributed by atoms with Crippen LogP contribution < -0.4 is 15.0 Å². The third kappa shape index (κ3) is 3.67. The van der Waals surface area contributed by atoms with Crippen molar-refractivity contribution in [2.75, 3.05) is 38.2 Å². The number of benzene rings is 1. The molecule has 3 rings (SSSR count). The van der Waals surface area contributed by atoms with Crippen LogP contribution in [0.2, 0.25) is 0 Å². The average molecular weight is 344 g/mol. The van der Waals surface area contributed by atoms with E-state index in [1.54, 1.807) is 13.4 Å². The van der Waals surface area contributed by atoms with Crippen molar-refractivity contribution in [2.45, 2.75) is 13.0 Å². The molecule has 1 aromatic heterocycles. The molecule has 134 valence electrons. The van der Waals surface area contributed by atoms with Crippen molar-refractivity contribution in [3.05, 3.63) is 36.4 Å². The first-order chi connectivity index (χ1) is 12.1. The molecular formula is C17H24N6O2. The van der Waals surface area contributed by atoms with E-state index < -0.39 is 0 Å². The largest absolute Gasteiger partial charge is 0.495 e. The second-order valence-corrected chi connectivity index (χ2v) is 6.12. The lowest BCUT2D eigenvalue weighted by Crippen LogP contribution is -2.52. The fourth-order valence-corrected chi connectivity index (χ4v) is 3.07. The SMILES string of the molecule is COc1ccccc1N1CCN(C(=O)N[C@H](C)c2nncn2C)CC1. The summed E-state index contributed by atoms with van der Waals surface area (Å²) in [6.45, 7) is 4.77.